The van der Waals surface area contributed by atoms with Gasteiger partial charge in [0.15, 0.2) is 5.82 Å². The molecule has 2 amide bonds. The molecule has 0 radical (unpaired) electrons. The maximum Gasteiger partial charge on any atom is 0.319 e. The number of rotatable bonds is 5. The lowest BCUT2D eigenvalue weighted by Crippen LogP contribution is -2.36. The standard InChI is InChI=1S/C17H25N5O/c1-11(2)13-7-6-8-14(9-13)19-17(23)20-15(12(3)4)16-21-18-10-22(16)5/h6-12,15H,1-5H3,(H2,19,20,23). The van der Waals surface area contributed by atoms with Crippen LogP contribution in [-0.2, 0) is 7.05 Å². The van der Waals surface area contributed by atoms with Crippen molar-refractivity contribution in [3.05, 3.63) is 42.0 Å². The highest BCUT2D eigenvalue weighted by atomic mass is 16.2. The molecule has 1 heterocycles. The van der Waals surface area contributed by atoms with E-state index in [0.717, 1.165) is 11.5 Å². The van der Waals surface area contributed by atoms with Crippen LogP contribution >= 0.6 is 0 Å². The van der Waals surface area contributed by atoms with Crippen LogP contribution in [0.3, 0.4) is 0 Å². The Morgan fingerprint density at radius 1 is 1.22 bits per heavy atom. The smallest absolute Gasteiger partial charge is 0.319 e. The normalized spacial score (nSPS) is 12.5. The van der Waals surface area contributed by atoms with E-state index in [4.69, 9.17) is 0 Å². The van der Waals surface area contributed by atoms with Crippen LogP contribution in [0.25, 0.3) is 0 Å². The van der Waals surface area contributed by atoms with E-state index < -0.39 is 0 Å². The lowest BCUT2D eigenvalue weighted by Gasteiger charge is -2.21. The van der Waals surface area contributed by atoms with Crippen LogP contribution in [0.5, 0.6) is 0 Å². The van der Waals surface area contributed by atoms with Crippen molar-refractivity contribution in [2.45, 2.75) is 39.7 Å². The third kappa shape index (κ3) is 4.31. The number of nitrogens with one attached hydrogen (secondary N) is 2. The summed E-state index contributed by atoms with van der Waals surface area (Å²) in [4.78, 5) is 12.3. The number of aryl methyl sites for hydroxylation is 1. The van der Waals surface area contributed by atoms with Crippen molar-refractivity contribution in [2.75, 3.05) is 5.32 Å². The van der Waals surface area contributed by atoms with Gasteiger partial charge in [-0.3, -0.25) is 0 Å². The number of benzene rings is 1. The average Bonchev–Trinajstić information content (AvgIpc) is 2.90. The van der Waals surface area contributed by atoms with Gasteiger partial charge in [-0.1, -0.05) is 39.8 Å². The van der Waals surface area contributed by atoms with E-state index in [1.165, 1.54) is 5.56 Å². The van der Waals surface area contributed by atoms with Gasteiger partial charge in [-0.25, -0.2) is 4.79 Å². The second-order valence-electron chi connectivity index (χ2n) is 6.40. The van der Waals surface area contributed by atoms with Crippen molar-refractivity contribution in [1.82, 2.24) is 20.1 Å². The fourth-order valence-electron chi connectivity index (χ4n) is 2.39. The number of carbonyl (C=O) groups excluding carboxylic acids is 1. The summed E-state index contributed by atoms with van der Waals surface area (Å²) in [7, 11) is 1.87. The van der Waals surface area contributed by atoms with Crippen molar-refractivity contribution in [3.63, 3.8) is 0 Å². The summed E-state index contributed by atoms with van der Waals surface area (Å²) in [6, 6.07) is 7.45. The van der Waals surface area contributed by atoms with Crippen molar-refractivity contribution in [1.29, 1.82) is 0 Å². The fourth-order valence-corrected chi connectivity index (χ4v) is 2.39. The first-order chi connectivity index (χ1) is 10.9. The zero-order chi connectivity index (χ0) is 17.0. The van der Waals surface area contributed by atoms with Gasteiger partial charge >= 0.3 is 6.03 Å². The Morgan fingerprint density at radius 3 is 2.52 bits per heavy atom. The van der Waals surface area contributed by atoms with Gasteiger partial charge < -0.3 is 15.2 Å². The Hall–Kier alpha value is -2.37. The third-order valence-electron chi connectivity index (χ3n) is 3.79. The molecular formula is C17H25N5O. The van der Waals surface area contributed by atoms with Gasteiger partial charge in [0.2, 0.25) is 0 Å². The minimum atomic E-state index is -0.243. The van der Waals surface area contributed by atoms with Gasteiger partial charge in [-0.05, 0) is 29.5 Å². The molecule has 6 nitrogen and oxygen atoms in total. The monoisotopic (exact) mass is 315 g/mol. The largest absolute Gasteiger partial charge is 0.328 e. The number of anilines is 1. The van der Waals surface area contributed by atoms with Crippen molar-refractivity contribution in [2.24, 2.45) is 13.0 Å². The van der Waals surface area contributed by atoms with Crippen LogP contribution in [-0.4, -0.2) is 20.8 Å². The SMILES string of the molecule is CC(C)c1cccc(NC(=O)NC(c2nncn2C)C(C)C)c1. The number of urea groups is 1. The summed E-state index contributed by atoms with van der Waals surface area (Å²) < 4.78 is 1.82. The molecule has 1 atom stereocenters. The molecule has 0 saturated carbocycles. The Kier molecular flexibility index (Phi) is 5.36. The molecule has 0 fully saturated rings. The van der Waals surface area contributed by atoms with E-state index in [1.54, 1.807) is 6.33 Å². The Balaban J connectivity index is 2.08. The second kappa shape index (κ2) is 7.26. The first-order valence-corrected chi connectivity index (χ1v) is 7.90. The molecule has 124 valence electrons. The maximum absolute atomic E-state index is 12.3. The number of aromatic nitrogens is 3. The summed E-state index contributed by atoms with van der Waals surface area (Å²) in [5.74, 6) is 1.36. The molecule has 0 saturated heterocycles. The molecule has 0 aliphatic heterocycles. The summed E-state index contributed by atoms with van der Waals surface area (Å²) in [5.41, 5.74) is 1.98. The van der Waals surface area contributed by atoms with Crippen molar-refractivity contribution >= 4 is 11.7 Å². The zero-order valence-electron chi connectivity index (χ0n) is 14.4. The molecule has 1 aromatic heterocycles. The molecule has 6 heteroatoms. The molecule has 23 heavy (non-hydrogen) atoms. The fraction of sp³-hybridized carbons (Fsp3) is 0.471. The summed E-state index contributed by atoms with van der Waals surface area (Å²) in [6.45, 7) is 8.34. The van der Waals surface area contributed by atoms with Crippen LogP contribution in [0.2, 0.25) is 0 Å². The molecule has 2 N–H and O–H groups in total. The molecule has 0 aliphatic carbocycles. The summed E-state index contributed by atoms with van der Waals surface area (Å²) in [6.07, 6.45) is 1.64. The van der Waals surface area contributed by atoms with Gasteiger partial charge in [0.1, 0.15) is 6.33 Å². The van der Waals surface area contributed by atoms with E-state index in [-0.39, 0.29) is 18.0 Å². The highest BCUT2D eigenvalue weighted by Crippen LogP contribution is 2.21. The summed E-state index contributed by atoms with van der Waals surface area (Å²) in [5, 5.41) is 13.9. The molecule has 1 unspecified atom stereocenters. The molecule has 0 aliphatic rings. The lowest BCUT2D eigenvalue weighted by atomic mass is 10.0. The van der Waals surface area contributed by atoms with Crippen molar-refractivity contribution in [3.8, 4) is 0 Å². The van der Waals surface area contributed by atoms with Crippen LogP contribution < -0.4 is 10.6 Å². The molecule has 2 aromatic rings. The van der Waals surface area contributed by atoms with Gasteiger partial charge in [0.05, 0.1) is 6.04 Å². The van der Waals surface area contributed by atoms with E-state index in [0.29, 0.717) is 5.92 Å². The van der Waals surface area contributed by atoms with Gasteiger partial charge in [-0.15, -0.1) is 10.2 Å². The number of hydrogen-bond donors (Lipinski definition) is 2. The van der Waals surface area contributed by atoms with Crippen LogP contribution in [0.4, 0.5) is 10.5 Å². The number of amides is 2. The number of nitrogens with zero attached hydrogens (tertiary/aromatic N) is 3. The Labute approximate surface area is 137 Å². The van der Waals surface area contributed by atoms with Crippen LogP contribution in [0.1, 0.15) is 51.0 Å². The predicted molar refractivity (Wildman–Crippen MR) is 91.3 cm³/mol. The summed E-state index contributed by atoms with van der Waals surface area (Å²) >= 11 is 0. The molecule has 2 rings (SSSR count). The topological polar surface area (TPSA) is 71.8 Å². The number of carbonyl (C=O) groups is 1. The zero-order valence-corrected chi connectivity index (χ0v) is 14.4. The van der Waals surface area contributed by atoms with E-state index in [9.17, 15) is 4.79 Å². The molecule has 0 bridgehead atoms. The minimum absolute atomic E-state index is 0.198. The van der Waals surface area contributed by atoms with E-state index in [1.807, 2.05) is 43.7 Å². The highest BCUT2D eigenvalue weighted by Gasteiger charge is 2.22. The lowest BCUT2D eigenvalue weighted by molar-refractivity contribution is 0.243. The molecule has 1 aromatic carbocycles. The van der Waals surface area contributed by atoms with Crippen LogP contribution in [0.15, 0.2) is 30.6 Å². The first-order valence-electron chi connectivity index (χ1n) is 7.90. The Morgan fingerprint density at radius 2 is 1.96 bits per heavy atom. The van der Waals surface area contributed by atoms with E-state index >= 15 is 0 Å². The van der Waals surface area contributed by atoms with Crippen molar-refractivity contribution < 1.29 is 4.79 Å². The highest BCUT2D eigenvalue weighted by molar-refractivity contribution is 5.89. The van der Waals surface area contributed by atoms with Gasteiger partial charge in [0, 0.05) is 12.7 Å². The Bertz CT molecular complexity index is 663. The van der Waals surface area contributed by atoms with Crippen LogP contribution in [0, 0.1) is 5.92 Å². The average molecular weight is 315 g/mol. The molecule has 0 spiro atoms. The minimum Gasteiger partial charge on any atom is -0.328 e. The number of hydrogen-bond acceptors (Lipinski definition) is 3. The first kappa shape index (κ1) is 17.0. The third-order valence-corrected chi connectivity index (χ3v) is 3.79. The van der Waals surface area contributed by atoms with Gasteiger partial charge in [-0.2, -0.15) is 0 Å². The quantitative estimate of drug-likeness (QED) is 0.887. The molecular weight excluding hydrogens is 290 g/mol. The maximum atomic E-state index is 12.3. The second-order valence-corrected chi connectivity index (χ2v) is 6.40. The predicted octanol–water partition coefficient (Wildman–Crippen LogP) is 3.46. The van der Waals surface area contributed by atoms with E-state index in [2.05, 4.69) is 40.7 Å². The van der Waals surface area contributed by atoms with Gasteiger partial charge in [0.25, 0.3) is 0 Å².